The molecule has 0 amide bonds. The lowest BCUT2D eigenvalue weighted by atomic mass is 9.92. The molecule has 0 aromatic carbocycles. The molecule has 15 heavy (non-hydrogen) atoms. The largest absolute Gasteiger partial charge is 0.392 e. The van der Waals surface area contributed by atoms with Crippen molar-refractivity contribution < 1.29 is 9.84 Å². The molecular weight excluding hydrogens is 190 g/mol. The summed E-state index contributed by atoms with van der Waals surface area (Å²) in [6.45, 7) is 2.49. The highest BCUT2D eigenvalue weighted by Crippen LogP contribution is 2.18. The Morgan fingerprint density at radius 1 is 1.40 bits per heavy atom. The van der Waals surface area contributed by atoms with Gasteiger partial charge in [0.2, 0.25) is 0 Å². The third kappa shape index (κ3) is 3.30. The Bertz CT molecular complexity index is 228. The minimum atomic E-state index is -0.149. The first kappa shape index (κ1) is 11.1. The van der Waals surface area contributed by atoms with Gasteiger partial charge >= 0.3 is 0 Å². The van der Waals surface area contributed by atoms with Gasteiger partial charge in [0.25, 0.3) is 0 Å². The van der Waals surface area contributed by atoms with E-state index in [9.17, 15) is 5.11 Å². The van der Waals surface area contributed by atoms with E-state index < -0.39 is 0 Å². The quantitative estimate of drug-likeness (QED) is 0.690. The van der Waals surface area contributed by atoms with E-state index >= 15 is 0 Å². The molecule has 0 radical (unpaired) electrons. The van der Waals surface area contributed by atoms with Crippen LogP contribution in [0.1, 0.15) is 32.1 Å². The second-order valence-electron chi connectivity index (χ2n) is 4.54. The van der Waals surface area contributed by atoms with Crippen molar-refractivity contribution in [1.29, 1.82) is 0 Å². The van der Waals surface area contributed by atoms with Crippen molar-refractivity contribution in [2.45, 2.75) is 44.2 Å². The van der Waals surface area contributed by atoms with E-state index in [2.05, 4.69) is 11.4 Å². The molecule has 1 aliphatic carbocycles. The van der Waals surface area contributed by atoms with Crippen molar-refractivity contribution in [3.05, 3.63) is 11.6 Å². The lowest BCUT2D eigenvalue weighted by Gasteiger charge is -2.29. The first-order valence-corrected chi connectivity index (χ1v) is 6.03. The molecule has 0 aromatic heterocycles. The molecule has 3 heteroatoms. The summed E-state index contributed by atoms with van der Waals surface area (Å²) in [5, 5.41) is 13.2. The maximum absolute atomic E-state index is 9.79. The van der Waals surface area contributed by atoms with Gasteiger partial charge in [-0.3, -0.25) is 0 Å². The minimum absolute atomic E-state index is 0.149. The van der Waals surface area contributed by atoms with Crippen LogP contribution in [0.15, 0.2) is 11.6 Å². The Balaban J connectivity index is 1.74. The predicted octanol–water partition coefficient (Wildman–Crippen LogP) is 1.23. The van der Waals surface area contributed by atoms with Crippen LogP contribution < -0.4 is 5.32 Å². The van der Waals surface area contributed by atoms with Gasteiger partial charge in [-0.05, 0) is 24.8 Å². The molecule has 2 unspecified atom stereocenters. The van der Waals surface area contributed by atoms with Crippen LogP contribution in [0.2, 0.25) is 0 Å². The maximum Gasteiger partial charge on any atom is 0.0693 e. The molecule has 2 aliphatic rings. The summed E-state index contributed by atoms with van der Waals surface area (Å²) < 4.78 is 5.38. The fraction of sp³-hybridized carbons (Fsp3) is 0.833. The number of rotatable bonds is 3. The molecule has 3 nitrogen and oxygen atoms in total. The van der Waals surface area contributed by atoms with Gasteiger partial charge in [-0.15, -0.1) is 0 Å². The van der Waals surface area contributed by atoms with Crippen LogP contribution in [0.3, 0.4) is 0 Å². The van der Waals surface area contributed by atoms with Gasteiger partial charge in [0, 0.05) is 12.6 Å². The Morgan fingerprint density at radius 2 is 2.27 bits per heavy atom. The predicted molar refractivity (Wildman–Crippen MR) is 59.8 cm³/mol. The third-order valence-electron chi connectivity index (χ3n) is 3.30. The Kier molecular flexibility index (Phi) is 4.18. The molecule has 0 bridgehead atoms. The zero-order valence-corrected chi connectivity index (χ0v) is 9.24. The zero-order chi connectivity index (χ0) is 10.5. The molecule has 86 valence electrons. The molecule has 1 saturated carbocycles. The smallest absolute Gasteiger partial charge is 0.0693 e. The van der Waals surface area contributed by atoms with Gasteiger partial charge in [-0.1, -0.05) is 18.9 Å². The van der Waals surface area contributed by atoms with Crippen LogP contribution in [0, 0.1) is 0 Å². The monoisotopic (exact) mass is 211 g/mol. The lowest BCUT2D eigenvalue weighted by Crippen LogP contribution is -2.43. The normalized spacial score (nSPS) is 32.5. The summed E-state index contributed by atoms with van der Waals surface area (Å²) in [4.78, 5) is 0. The van der Waals surface area contributed by atoms with E-state index in [4.69, 9.17) is 4.74 Å². The summed E-state index contributed by atoms with van der Waals surface area (Å²) in [6.07, 6.45) is 7.61. The maximum atomic E-state index is 9.79. The van der Waals surface area contributed by atoms with Crippen LogP contribution in [0.25, 0.3) is 0 Å². The second kappa shape index (κ2) is 5.64. The highest BCUT2D eigenvalue weighted by molar-refractivity contribution is 5.07. The second-order valence-corrected chi connectivity index (χ2v) is 4.54. The molecule has 2 N–H and O–H groups in total. The average molecular weight is 211 g/mol. The van der Waals surface area contributed by atoms with E-state index in [0.717, 1.165) is 39.0 Å². The summed E-state index contributed by atoms with van der Waals surface area (Å²) in [6, 6.07) is 0.293. The van der Waals surface area contributed by atoms with Crippen LogP contribution in [0.4, 0.5) is 0 Å². The van der Waals surface area contributed by atoms with Crippen LogP contribution in [-0.2, 0) is 4.74 Å². The van der Waals surface area contributed by atoms with E-state index in [1.165, 1.54) is 18.4 Å². The Labute approximate surface area is 91.5 Å². The number of hydrogen-bond donors (Lipinski definition) is 2. The topological polar surface area (TPSA) is 41.5 Å². The summed E-state index contributed by atoms with van der Waals surface area (Å²) in [5.74, 6) is 0. The summed E-state index contributed by atoms with van der Waals surface area (Å²) in [7, 11) is 0. The highest BCUT2D eigenvalue weighted by atomic mass is 16.5. The first-order chi connectivity index (χ1) is 7.36. The molecular formula is C12H21NO2. The fourth-order valence-electron chi connectivity index (χ4n) is 2.34. The molecule has 0 aromatic rings. The molecule has 2 atom stereocenters. The van der Waals surface area contributed by atoms with Crippen molar-refractivity contribution in [2.24, 2.45) is 0 Å². The molecule has 0 saturated heterocycles. The van der Waals surface area contributed by atoms with Crippen LogP contribution in [-0.4, -0.2) is 37.0 Å². The van der Waals surface area contributed by atoms with Gasteiger partial charge in [0.05, 0.1) is 19.3 Å². The third-order valence-corrected chi connectivity index (χ3v) is 3.30. The van der Waals surface area contributed by atoms with E-state index in [1.807, 2.05) is 0 Å². The first-order valence-electron chi connectivity index (χ1n) is 6.03. The van der Waals surface area contributed by atoms with Crippen molar-refractivity contribution in [3.8, 4) is 0 Å². The number of hydrogen-bond acceptors (Lipinski definition) is 3. The fourth-order valence-corrected chi connectivity index (χ4v) is 2.34. The van der Waals surface area contributed by atoms with Gasteiger partial charge < -0.3 is 15.2 Å². The van der Waals surface area contributed by atoms with Crippen molar-refractivity contribution in [3.63, 3.8) is 0 Å². The minimum Gasteiger partial charge on any atom is -0.392 e. The summed E-state index contributed by atoms with van der Waals surface area (Å²) >= 11 is 0. The van der Waals surface area contributed by atoms with Crippen molar-refractivity contribution in [2.75, 3.05) is 19.8 Å². The van der Waals surface area contributed by atoms with Gasteiger partial charge in [-0.2, -0.15) is 0 Å². The Hall–Kier alpha value is -0.380. The zero-order valence-electron chi connectivity index (χ0n) is 9.24. The van der Waals surface area contributed by atoms with E-state index in [-0.39, 0.29) is 6.10 Å². The Morgan fingerprint density at radius 3 is 3.00 bits per heavy atom. The standard InChI is InChI=1S/C12H21NO2/c14-12-6-2-1-5-11(12)13-8-10-4-3-7-15-9-10/h4,11-14H,1-3,5-9H2. The number of aliphatic hydroxyl groups is 1. The van der Waals surface area contributed by atoms with Gasteiger partial charge in [0.1, 0.15) is 0 Å². The molecule has 2 rings (SSSR count). The number of nitrogens with one attached hydrogen (secondary N) is 1. The van der Waals surface area contributed by atoms with Crippen molar-refractivity contribution in [1.82, 2.24) is 5.32 Å². The van der Waals surface area contributed by atoms with Crippen LogP contribution in [0.5, 0.6) is 0 Å². The number of ether oxygens (including phenoxy) is 1. The molecule has 1 heterocycles. The van der Waals surface area contributed by atoms with E-state index in [0.29, 0.717) is 6.04 Å². The highest BCUT2D eigenvalue weighted by Gasteiger charge is 2.22. The number of aliphatic hydroxyl groups excluding tert-OH is 1. The average Bonchev–Trinajstić information content (AvgIpc) is 2.29. The molecule has 1 aliphatic heterocycles. The lowest BCUT2D eigenvalue weighted by molar-refractivity contribution is 0.0907. The van der Waals surface area contributed by atoms with Crippen molar-refractivity contribution >= 4 is 0 Å². The van der Waals surface area contributed by atoms with Crippen LogP contribution >= 0.6 is 0 Å². The van der Waals surface area contributed by atoms with Gasteiger partial charge in [-0.25, -0.2) is 0 Å². The molecule has 0 spiro atoms. The summed E-state index contributed by atoms with van der Waals surface area (Å²) in [5.41, 5.74) is 1.33. The van der Waals surface area contributed by atoms with Gasteiger partial charge in [0.15, 0.2) is 0 Å². The van der Waals surface area contributed by atoms with E-state index in [1.54, 1.807) is 0 Å². The molecule has 1 fully saturated rings. The SMILES string of the molecule is OC1CCCCC1NCC1=CCCOC1.